The van der Waals surface area contributed by atoms with Crippen LogP contribution < -0.4 is 81.1 Å². The lowest BCUT2D eigenvalue weighted by Crippen LogP contribution is -2.36. The molecule has 0 radical (unpaired) electrons. The van der Waals surface area contributed by atoms with Crippen molar-refractivity contribution in [3.63, 3.8) is 0 Å². The molecule has 0 bridgehead atoms. The number of furan rings is 1. The highest BCUT2D eigenvalue weighted by molar-refractivity contribution is 7.19. The summed E-state index contributed by atoms with van der Waals surface area (Å²) in [6.07, 6.45) is 17.4. The quantitative estimate of drug-likeness (QED) is 0.124. The lowest BCUT2D eigenvalue weighted by Gasteiger charge is -2.28. The number of hydrogen-bond donors (Lipinski definition) is 1. The van der Waals surface area contributed by atoms with Gasteiger partial charge in [0.25, 0.3) is 0 Å². The van der Waals surface area contributed by atoms with E-state index >= 15 is 0 Å². The molecule has 0 aliphatic carbocycles. The predicted molar refractivity (Wildman–Crippen MR) is 558 cm³/mol. The molecule has 23 heterocycles. The number of rotatable bonds is 10. The van der Waals surface area contributed by atoms with Gasteiger partial charge >= 0.3 is 0 Å². The molecule has 138 heavy (non-hydrogen) atoms. The van der Waals surface area contributed by atoms with Crippen molar-refractivity contribution in [3.05, 3.63) is 235 Å². The van der Waals surface area contributed by atoms with Gasteiger partial charge in [-0.05, 0) is 152 Å². The molecule has 0 amide bonds. The van der Waals surface area contributed by atoms with E-state index in [4.69, 9.17) is 59.7 Å². The fraction of sp³-hybridized carbons (Fsp3) is 0.327. The van der Waals surface area contributed by atoms with E-state index < -0.39 is 0 Å². The van der Waals surface area contributed by atoms with Gasteiger partial charge in [-0.15, -0.1) is 68.0 Å². The number of likely N-dealkylation sites (N-methyl/N-ethyl adjacent to an activating group) is 1. The van der Waals surface area contributed by atoms with Crippen LogP contribution in [0.4, 0.5) is 41.0 Å². The molecule has 0 unspecified atom stereocenters. The third-order valence-corrected chi connectivity index (χ3v) is 32.2. The fourth-order valence-corrected chi connectivity index (χ4v) is 24.3. The van der Waals surface area contributed by atoms with Crippen LogP contribution in [0.25, 0.3) is 106 Å². The summed E-state index contributed by atoms with van der Waals surface area (Å²) >= 11 is 11.8. The predicted octanol–water partition coefficient (Wildman–Crippen LogP) is 21.5. The maximum atomic E-state index is 12.6. The SMILES string of the molecule is CN1CCOc2cc(-c3csc4c(=O)cc(N5CCOCC5)oc34)ccc21.O=c1cc(N2CCCCC2)oc2c(-c3ccc4c(c3)OCCO4)csc12.O=c1cc(N2CCCCC2)oc2c(-c3ccsc3)csc12.O=c1cc(N2CCCCC2)oc2c(C#CCO)csc12.O=c1cc(N2CCCCC2)oc2c(C#Cc3ccsc3)csc12.O=c1cc(N2CCOCC2)oc2c(-c3ccoc3)csc12. The van der Waals surface area contributed by atoms with E-state index in [2.05, 4.69) is 83.7 Å². The average molecular weight is 2010 g/mol. The normalized spacial score (nSPS) is 15.9. The van der Waals surface area contributed by atoms with Crippen LogP contribution in [-0.4, -0.2) is 150 Å². The van der Waals surface area contributed by atoms with E-state index in [0.717, 1.165) is 218 Å². The molecule has 0 saturated carbocycles. The van der Waals surface area contributed by atoms with Gasteiger partial charge in [-0.1, -0.05) is 35.8 Å². The molecule has 2 aromatic carbocycles. The molecule has 6 fully saturated rings. The van der Waals surface area contributed by atoms with Gasteiger partial charge in [-0.25, -0.2) is 0 Å². The Bertz CT molecular complexity index is 7540. The molecule has 6 saturated heterocycles. The van der Waals surface area contributed by atoms with Crippen LogP contribution in [0.3, 0.4) is 0 Å². The van der Waals surface area contributed by atoms with Crippen molar-refractivity contribution in [2.75, 3.05) is 179 Å². The minimum absolute atomic E-state index is 0.00233. The second-order valence-electron chi connectivity index (χ2n) is 34.0. The summed E-state index contributed by atoms with van der Waals surface area (Å²) in [4.78, 5) is 89.3. The third kappa shape index (κ3) is 20.8. The first-order valence-corrected chi connectivity index (χ1v) is 53.5. The van der Waals surface area contributed by atoms with Crippen LogP contribution >= 0.6 is 90.7 Å². The highest BCUT2D eigenvalue weighted by Crippen LogP contribution is 2.45. The van der Waals surface area contributed by atoms with Gasteiger partial charge < -0.3 is 94.0 Å². The third-order valence-electron chi connectivity index (χ3n) is 24.9. The van der Waals surface area contributed by atoms with Crippen molar-refractivity contribution in [1.29, 1.82) is 0 Å². The molecular weight excluding hydrogens is 1910 g/mol. The summed E-state index contributed by atoms with van der Waals surface area (Å²) in [6, 6.07) is 27.6. The van der Waals surface area contributed by atoms with Crippen LogP contribution in [-0.2, 0) is 9.47 Å². The van der Waals surface area contributed by atoms with E-state index in [-0.39, 0.29) is 39.2 Å². The molecule has 8 aliphatic heterocycles. The molecule has 1 N–H and O–H groups in total. The number of morpholine rings is 2. The van der Waals surface area contributed by atoms with Crippen molar-refractivity contribution in [1.82, 2.24) is 0 Å². The van der Waals surface area contributed by atoms with E-state index in [1.165, 1.54) is 107 Å². The second kappa shape index (κ2) is 43.3. The van der Waals surface area contributed by atoms with Gasteiger partial charge in [0.2, 0.25) is 32.6 Å². The summed E-state index contributed by atoms with van der Waals surface area (Å²) in [5, 5.41) is 28.6. The number of hydrogen-bond acceptors (Lipinski definition) is 34. The lowest BCUT2D eigenvalue weighted by molar-refractivity contribution is 0.120. The number of ether oxygens (including phenoxy) is 5. The second-order valence-corrected chi connectivity index (χ2v) is 40.8. The number of piperidine rings is 4. The molecule has 34 heteroatoms. The monoisotopic (exact) mass is 2000 g/mol. The molecule has 25 rings (SSSR count). The van der Waals surface area contributed by atoms with Crippen LogP contribution in [0, 0.1) is 23.7 Å². The maximum Gasteiger partial charge on any atom is 0.204 e. The highest BCUT2D eigenvalue weighted by atomic mass is 32.1. The van der Waals surface area contributed by atoms with Gasteiger partial charge in [-0.2, -0.15) is 22.7 Å². The van der Waals surface area contributed by atoms with Crippen molar-refractivity contribution >= 4 is 193 Å². The van der Waals surface area contributed by atoms with Crippen LogP contribution in [0.15, 0.2) is 217 Å². The van der Waals surface area contributed by atoms with Gasteiger partial charge in [-0.3, -0.25) is 28.8 Å². The fourth-order valence-electron chi connectivity index (χ4n) is 17.7. The Morgan fingerprint density at radius 1 is 0.319 bits per heavy atom. The van der Waals surface area contributed by atoms with Crippen molar-refractivity contribution < 1.29 is 59.7 Å². The zero-order valence-electron chi connectivity index (χ0n) is 75.6. The first-order valence-electron chi connectivity index (χ1n) is 46.3. The largest absolute Gasteiger partial charge is 0.490 e. The first-order chi connectivity index (χ1) is 67.8. The van der Waals surface area contributed by atoms with Crippen LogP contribution in [0.1, 0.15) is 93.7 Å². The molecule has 0 spiro atoms. The van der Waals surface area contributed by atoms with Gasteiger partial charge in [0.15, 0.2) is 80.3 Å². The van der Waals surface area contributed by atoms with Crippen molar-refractivity contribution in [2.24, 2.45) is 0 Å². The average Bonchev–Trinajstić information content (AvgIpc) is 1.72. The zero-order valence-corrected chi connectivity index (χ0v) is 82.1. The van der Waals surface area contributed by atoms with E-state index in [1.807, 2.05) is 84.3 Å². The minimum Gasteiger partial charge on any atom is -0.490 e. The Morgan fingerprint density at radius 3 is 1.10 bits per heavy atom. The Labute approximate surface area is 823 Å². The number of aliphatic hydroxyl groups excluding tert-OH is 1. The van der Waals surface area contributed by atoms with Crippen LogP contribution in [0.5, 0.6) is 17.2 Å². The summed E-state index contributed by atoms with van der Waals surface area (Å²) in [5.74, 6) is 18.0. The van der Waals surface area contributed by atoms with E-state index in [1.54, 1.807) is 77.0 Å². The Kier molecular flexibility index (Phi) is 29.3. The number of anilines is 7. The molecule has 0 atom stereocenters. The molecule has 26 nitrogen and oxygen atoms in total. The molecule has 15 aromatic heterocycles. The number of thiophene rings is 8. The van der Waals surface area contributed by atoms with Crippen molar-refractivity contribution in [2.45, 2.75) is 77.0 Å². The first kappa shape index (κ1) is 93.2. The maximum absolute atomic E-state index is 12.6. The zero-order chi connectivity index (χ0) is 94.0. The van der Waals surface area contributed by atoms with E-state index in [0.29, 0.717) is 133 Å². The Hall–Kier alpha value is -12.4. The van der Waals surface area contributed by atoms with Gasteiger partial charge in [0.1, 0.15) is 60.4 Å². The summed E-state index contributed by atoms with van der Waals surface area (Å²) in [7, 11) is 2.06. The summed E-state index contributed by atoms with van der Waals surface area (Å²) < 4.78 is 73.4. The number of fused-ring (bicyclic) bond motifs is 8. The van der Waals surface area contributed by atoms with Crippen LogP contribution in [0.2, 0.25) is 0 Å². The number of nitrogens with zero attached hydrogens (tertiary/aromatic N) is 7. The Morgan fingerprint density at radius 2 is 0.688 bits per heavy atom. The smallest absolute Gasteiger partial charge is 0.204 e. The molecule has 17 aromatic rings. The lowest BCUT2D eigenvalue weighted by atomic mass is 10.1. The topological polar surface area (TPSA) is 283 Å². The summed E-state index contributed by atoms with van der Waals surface area (Å²) in [6.45, 7) is 15.6. The highest BCUT2D eigenvalue weighted by Gasteiger charge is 2.28. The molecular formula is C104H97N7O19S8. The summed E-state index contributed by atoms with van der Waals surface area (Å²) in [5.41, 5.74) is 15.3. The van der Waals surface area contributed by atoms with E-state index in [9.17, 15) is 28.8 Å². The van der Waals surface area contributed by atoms with Gasteiger partial charge in [0, 0.05) is 193 Å². The molecule has 8 aliphatic rings. The molecule has 710 valence electrons. The van der Waals surface area contributed by atoms with Gasteiger partial charge in [0.05, 0.1) is 62.3 Å². The minimum atomic E-state index is -0.201. The number of benzene rings is 2. The number of aliphatic hydroxyl groups is 1. The Balaban J connectivity index is 0.000000102. The standard InChI is InChI=1S/C20H20N2O4S.C20H19NO4S.C18H15NO2S2.C16H15NO2S2.C15H13NO4S.C15H15NO3S/c1-21-4-9-25-17-10-13(2-3-15(17)21)14-12-27-20-16(23)11-18(26-19(14)20)22-5-7-24-8-6-22;22-15-11-18(21-6-2-1-3-7-21)25-19-14(12-26-20(15)19)13-4-5-16-17(10-13)24-9-8-23-16;20-15-10-16(19-7-2-1-3-8-19)21-17-14(12-23-18(15)17)5-4-13-6-9-22-11-13;18-13-8-14(17-5-2-1-3-6-17)19-15-12(10-21-16(13)15)11-4-7-20-9-11;17-12-7-13(16-2-5-18-6-3-16)20-14-11(9-21-15(12)14)10-1-4-19-8-10;17-8-4-5-11-10-20-15-12(18)9-13(19-14(11)15)16-6-2-1-3-7-16/h2-3,10-12H,4-9H2,1H3;4-5,10-12H,1-3,6-9H2;6,9-12H,1-3,7-8H2;4,7-10H,1-3,5-6H2;1,4,7-9H,2-3,5-6H2;9-10,17H,1-3,6-8H2. The van der Waals surface area contributed by atoms with Crippen molar-refractivity contribution in [3.8, 4) is 85.4 Å².